The summed E-state index contributed by atoms with van der Waals surface area (Å²) < 4.78 is 5.07. The number of hydrogen-bond acceptors (Lipinski definition) is 5. The summed E-state index contributed by atoms with van der Waals surface area (Å²) in [6, 6.07) is 66.8. The van der Waals surface area contributed by atoms with Crippen molar-refractivity contribution >= 4 is 63.0 Å². The molecule has 3 aromatic heterocycles. The second-order valence-corrected chi connectivity index (χ2v) is 16.1. The standard InChI is InChI=1S/C51H31N3S2/c1-4-13-32(14-5-1)33-23-25-34(26-24-33)38-29-30-40(48-47(38)41-19-10-11-21-43(41)56-48)39-20-12-22-44-46(39)42-28-27-37(31-45(42)55-44)51-53-49(35-15-6-2-7-16-35)52-50(54-51)36-17-8-3-9-18-36/h1-31H. The van der Waals surface area contributed by atoms with Crippen molar-refractivity contribution < 1.29 is 0 Å². The van der Waals surface area contributed by atoms with Gasteiger partial charge in [-0.2, -0.15) is 0 Å². The molecule has 0 bridgehead atoms. The number of aromatic nitrogens is 3. The van der Waals surface area contributed by atoms with Gasteiger partial charge in [0.2, 0.25) is 0 Å². The molecule has 0 radical (unpaired) electrons. The first-order valence-corrected chi connectivity index (χ1v) is 20.3. The van der Waals surface area contributed by atoms with Gasteiger partial charge in [0.05, 0.1) is 0 Å². The number of fused-ring (bicyclic) bond motifs is 6. The smallest absolute Gasteiger partial charge is 0.164 e. The Morgan fingerprint density at radius 2 is 0.804 bits per heavy atom. The van der Waals surface area contributed by atoms with Gasteiger partial charge in [-0.15, -0.1) is 22.7 Å². The summed E-state index contributed by atoms with van der Waals surface area (Å²) in [6.45, 7) is 0. The van der Waals surface area contributed by atoms with Crippen molar-refractivity contribution in [3.8, 4) is 67.5 Å². The van der Waals surface area contributed by atoms with E-state index in [1.807, 2.05) is 83.3 Å². The molecule has 3 heterocycles. The van der Waals surface area contributed by atoms with Crippen LogP contribution >= 0.6 is 22.7 Å². The van der Waals surface area contributed by atoms with Crippen LogP contribution in [-0.2, 0) is 0 Å². The molecule has 11 aromatic rings. The van der Waals surface area contributed by atoms with Crippen LogP contribution in [0.5, 0.6) is 0 Å². The fourth-order valence-electron chi connectivity index (χ4n) is 7.88. The molecular formula is C51H31N3S2. The zero-order valence-electron chi connectivity index (χ0n) is 30.1. The van der Waals surface area contributed by atoms with Gasteiger partial charge in [-0.05, 0) is 46.0 Å². The highest BCUT2D eigenvalue weighted by molar-refractivity contribution is 7.27. The number of nitrogens with zero attached hydrogens (tertiary/aromatic N) is 3. The molecule has 0 aliphatic rings. The van der Waals surface area contributed by atoms with Crippen LogP contribution in [0, 0.1) is 0 Å². The van der Waals surface area contributed by atoms with Crippen molar-refractivity contribution in [3.63, 3.8) is 0 Å². The second-order valence-electron chi connectivity index (χ2n) is 13.9. The molecule has 8 aromatic carbocycles. The van der Waals surface area contributed by atoms with Crippen molar-refractivity contribution in [2.24, 2.45) is 0 Å². The van der Waals surface area contributed by atoms with Crippen molar-refractivity contribution in [1.82, 2.24) is 15.0 Å². The van der Waals surface area contributed by atoms with Crippen molar-refractivity contribution in [1.29, 1.82) is 0 Å². The largest absolute Gasteiger partial charge is 0.208 e. The lowest BCUT2D eigenvalue weighted by molar-refractivity contribution is 1.07. The molecule has 5 heteroatoms. The molecule has 11 rings (SSSR count). The van der Waals surface area contributed by atoms with E-state index < -0.39 is 0 Å². The van der Waals surface area contributed by atoms with Gasteiger partial charge < -0.3 is 0 Å². The summed E-state index contributed by atoms with van der Waals surface area (Å²) in [4.78, 5) is 14.9. The maximum atomic E-state index is 5.02. The van der Waals surface area contributed by atoms with E-state index in [9.17, 15) is 0 Å². The fourth-order valence-corrected chi connectivity index (χ4v) is 10.3. The van der Waals surface area contributed by atoms with E-state index in [0.717, 1.165) is 16.7 Å². The third-order valence-corrected chi connectivity index (χ3v) is 12.9. The van der Waals surface area contributed by atoms with Gasteiger partial charge in [-0.1, -0.05) is 170 Å². The first kappa shape index (κ1) is 32.6. The summed E-state index contributed by atoms with van der Waals surface area (Å²) in [7, 11) is 0. The first-order chi connectivity index (χ1) is 27.7. The SMILES string of the molecule is c1ccc(-c2ccc(-c3ccc(-c4cccc5sc6cc(-c7nc(-c8ccccc8)nc(-c8ccccc8)n7)ccc6c45)c4sc5ccccc5c34)cc2)cc1. The fraction of sp³-hybridized carbons (Fsp3) is 0. The summed E-state index contributed by atoms with van der Waals surface area (Å²) in [5.41, 5.74) is 10.3. The lowest BCUT2D eigenvalue weighted by Gasteiger charge is -2.12. The van der Waals surface area contributed by atoms with Crippen LogP contribution in [0.4, 0.5) is 0 Å². The molecule has 0 saturated carbocycles. The third kappa shape index (κ3) is 5.60. The minimum Gasteiger partial charge on any atom is -0.208 e. The van der Waals surface area contributed by atoms with E-state index in [2.05, 4.69) is 127 Å². The van der Waals surface area contributed by atoms with Gasteiger partial charge in [0.25, 0.3) is 0 Å². The minimum atomic E-state index is 0.663. The minimum absolute atomic E-state index is 0.663. The highest BCUT2D eigenvalue weighted by atomic mass is 32.1. The summed E-state index contributed by atoms with van der Waals surface area (Å²) >= 11 is 3.71. The van der Waals surface area contributed by atoms with Gasteiger partial charge >= 0.3 is 0 Å². The van der Waals surface area contributed by atoms with Gasteiger partial charge in [0.1, 0.15) is 0 Å². The van der Waals surface area contributed by atoms with Gasteiger partial charge in [0.15, 0.2) is 17.5 Å². The van der Waals surface area contributed by atoms with E-state index >= 15 is 0 Å². The Kier molecular flexibility index (Phi) is 7.87. The molecule has 0 N–H and O–H groups in total. The molecule has 0 aliphatic heterocycles. The zero-order valence-corrected chi connectivity index (χ0v) is 31.7. The van der Waals surface area contributed by atoms with Crippen molar-refractivity contribution in [3.05, 3.63) is 188 Å². The summed E-state index contributed by atoms with van der Waals surface area (Å²) in [6.07, 6.45) is 0. The molecular weight excluding hydrogens is 719 g/mol. The Labute approximate surface area is 331 Å². The molecule has 0 fully saturated rings. The first-order valence-electron chi connectivity index (χ1n) is 18.7. The van der Waals surface area contributed by atoms with E-state index in [0.29, 0.717) is 17.5 Å². The summed E-state index contributed by atoms with van der Waals surface area (Å²) in [5.74, 6) is 1.99. The van der Waals surface area contributed by atoms with Gasteiger partial charge in [0, 0.05) is 62.6 Å². The molecule has 0 spiro atoms. The monoisotopic (exact) mass is 749 g/mol. The van der Waals surface area contributed by atoms with E-state index in [1.54, 1.807) is 0 Å². The Balaban J connectivity index is 1.06. The molecule has 262 valence electrons. The van der Waals surface area contributed by atoms with E-state index in [1.165, 1.54) is 73.7 Å². The maximum Gasteiger partial charge on any atom is 0.164 e. The highest BCUT2D eigenvalue weighted by Gasteiger charge is 2.20. The number of benzene rings is 8. The average Bonchev–Trinajstić information content (AvgIpc) is 3.86. The number of thiophene rings is 2. The number of hydrogen-bond donors (Lipinski definition) is 0. The lowest BCUT2D eigenvalue weighted by Crippen LogP contribution is -1.99. The molecule has 0 unspecified atom stereocenters. The Morgan fingerprint density at radius 3 is 1.50 bits per heavy atom. The number of rotatable bonds is 6. The molecule has 0 amide bonds. The molecule has 0 saturated heterocycles. The topological polar surface area (TPSA) is 38.7 Å². The van der Waals surface area contributed by atoms with E-state index in [4.69, 9.17) is 15.0 Å². The van der Waals surface area contributed by atoms with Crippen LogP contribution in [-0.4, -0.2) is 15.0 Å². The normalized spacial score (nSPS) is 11.6. The van der Waals surface area contributed by atoms with Crippen molar-refractivity contribution in [2.75, 3.05) is 0 Å². The molecule has 0 aliphatic carbocycles. The third-order valence-electron chi connectivity index (χ3n) is 10.6. The predicted molar refractivity (Wildman–Crippen MR) is 238 cm³/mol. The quantitative estimate of drug-likeness (QED) is 0.170. The van der Waals surface area contributed by atoms with E-state index in [-0.39, 0.29) is 0 Å². The predicted octanol–water partition coefficient (Wildman–Crippen LogP) is 14.6. The average molecular weight is 750 g/mol. The highest BCUT2D eigenvalue weighted by Crippen LogP contribution is 2.48. The molecule has 56 heavy (non-hydrogen) atoms. The Morgan fingerprint density at radius 1 is 0.286 bits per heavy atom. The van der Waals surface area contributed by atoms with Crippen LogP contribution in [0.2, 0.25) is 0 Å². The summed E-state index contributed by atoms with van der Waals surface area (Å²) in [5, 5.41) is 5.13. The van der Waals surface area contributed by atoms with Crippen LogP contribution in [0.25, 0.3) is 108 Å². The van der Waals surface area contributed by atoms with Crippen LogP contribution in [0.15, 0.2) is 188 Å². The van der Waals surface area contributed by atoms with Crippen LogP contribution in [0.1, 0.15) is 0 Å². The Hall–Kier alpha value is -6.79. The second kappa shape index (κ2) is 13.5. The van der Waals surface area contributed by atoms with Gasteiger partial charge in [-0.3, -0.25) is 0 Å². The zero-order chi connectivity index (χ0) is 37.0. The Bertz CT molecular complexity index is 3170. The van der Waals surface area contributed by atoms with Crippen LogP contribution < -0.4 is 0 Å². The van der Waals surface area contributed by atoms with Crippen LogP contribution in [0.3, 0.4) is 0 Å². The molecule has 3 nitrogen and oxygen atoms in total. The maximum absolute atomic E-state index is 5.02. The van der Waals surface area contributed by atoms with Gasteiger partial charge in [-0.25, -0.2) is 15.0 Å². The molecule has 0 atom stereocenters. The van der Waals surface area contributed by atoms with Crippen molar-refractivity contribution in [2.45, 2.75) is 0 Å². The lowest BCUT2D eigenvalue weighted by atomic mass is 9.92.